The fourth-order valence-electron chi connectivity index (χ4n) is 3.87. The van der Waals surface area contributed by atoms with Crippen LogP contribution in [0.3, 0.4) is 0 Å². The molecular weight excluding hydrogens is 475 g/mol. The summed E-state index contributed by atoms with van der Waals surface area (Å²) in [4.78, 5) is 20.0. The van der Waals surface area contributed by atoms with Gasteiger partial charge in [-0.3, -0.25) is 4.79 Å². The van der Waals surface area contributed by atoms with Crippen LogP contribution in [0.4, 0.5) is 15.3 Å². The molecule has 190 valence electrons. The van der Waals surface area contributed by atoms with Crippen LogP contribution in [0.5, 0.6) is 0 Å². The lowest BCUT2D eigenvalue weighted by atomic mass is 10.1. The number of nitrogens with zero attached hydrogens (tertiary/aromatic N) is 4. The van der Waals surface area contributed by atoms with E-state index in [1.807, 2.05) is 37.1 Å². The molecule has 0 aliphatic carbocycles. The molecule has 0 bridgehead atoms. The first-order valence-corrected chi connectivity index (χ1v) is 12.9. The molecule has 0 saturated carbocycles. The molecule has 9 heteroatoms. The molecule has 0 unspecified atom stereocenters. The van der Waals surface area contributed by atoms with Crippen molar-refractivity contribution in [3.8, 4) is 11.3 Å². The lowest BCUT2D eigenvalue weighted by Crippen LogP contribution is -2.40. The number of fused-ring (bicyclic) bond motifs is 1. The number of halogens is 1. The van der Waals surface area contributed by atoms with Crippen LogP contribution in [0.25, 0.3) is 16.2 Å². The van der Waals surface area contributed by atoms with Crippen molar-refractivity contribution in [2.75, 3.05) is 23.8 Å². The zero-order valence-electron chi connectivity index (χ0n) is 21.4. The van der Waals surface area contributed by atoms with Gasteiger partial charge in [-0.1, -0.05) is 41.7 Å². The molecule has 4 rings (SSSR count). The topological polar surface area (TPSA) is 74.6 Å². The number of rotatable bonds is 9. The van der Waals surface area contributed by atoms with Gasteiger partial charge in [0.05, 0.1) is 6.54 Å². The number of carbonyl (C=O) groups excluding carboxylic acids is 1. The number of amides is 1. The van der Waals surface area contributed by atoms with E-state index >= 15 is 0 Å². The van der Waals surface area contributed by atoms with Crippen LogP contribution in [0.2, 0.25) is 0 Å². The van der Waals surface area contributed by atoms with E-state index in [0.717, 1.165) is 24.2 Å². The number of aryl methyl sites for hydroxylation is 1. The number of anilines is 2. The van der Waals surface area contributed by atoms with Crippen molar-refractivity contribution in [2.24, 2.45) is 0 Å². The molecule has 4 aromatic rings. The Bertz CT molecular complexity index is 1310. The summed E-state index contributed by atoms with van der Waals surface area (Å²) in [6.45, 7) is 8.40. The number of benzene rings is 2. The summed E-state index contributed by atoms with van der Waals surface area (Å²) in [5.41, 5.74) is 2.54. The quantitative estimate of drug-likeness (QED) is 0.318. The first-order chi connectivity index (χ1) is 17.1. The van der Waals surface area contributed by atoms with Crippen molar-refractivity contribution in [1.29, 1.82) is 0 Å². The molecule has 7 nitrogen and oxygen atoms in total. The fraction of sp³-hybridized carbons (Fsp3) is 0.370. The van der Waals surface area contributed by atoms with E-state index in [1.54, 1.807) is 16.6 Å². The summed E-state index contributed by atoms with van der Waals surface area (Å²) < 4.78 is 15.2. The first kappa shape index (κ1) is 25.6. The van der Waals surface area contributed by atoms with Crippen LogP contribution in [0, 0.1) is 5.82 Å². The van der Waals surface area contributed by atoms with Crippen LogP contribution >= 0.6 is 11.3 Å². The average Bonchev–Trinajstić information content (AvgIpc) is 3.37. The maximum absolute atomic E-state index is 13.5. The van der Waals surface area contributed by atoms with Gasteiger partial charge in [-0.15, -0.1) is 5.10 Å². The van der Waals surface area contributed by atoms with Gasteiger partial charge < -0.3 is 15.5 Å². The molecule has 0 fully saturated rings. The maximum Gasteiger partial charge on any atom is 0.239 e. The second kappa shape index (κ2) is 10.7. The highest BCUT2D eigenvalue weighted by molar-refractivity contribution is 7.20. The van der Waals surface area contributed by atoms with E-state index in [9.17, 15) is 9.18 Å². The Kier molecular flexibility index (Phi) is 7.59. The van der Waals surface area contributed by atoms with Crippen molar-refractivity contribution in [2.45, 2.75) is 52.1 Å². The van der Waals surface area contributed by atoms with Crippen molar-refractivity contribution < 1.29 is 9.18 Å². The van der Waals surface area contributed by atoms with E-state index in [1.165, 1.54) is 29.0 Å². The van der Waals surface area contributed by atoms with Gasteiger partial charge in [-0.2, -0.15) is 4.52 Å². The predicted molar refractivity (Wildman–Crippen MR) is 145 cm³/mol. The second-order valence-electron chi connectivity index (χ2n) is 10.1. The minimum Gasteiger partial charge on any atom is -0.364 e. The predicted octanol–water partition coefficient (Wildman–Crippen LogP) is 5.38. The Balaban J connectivity index is 1.46. The number of imidazole rings is 1. The SMILES string of the molecule is C[C@@H](CCc1ccccc1)NC(=O)CN(C)c1nn2c(NC(C)(C)C)c(-c3ccc(F)cc3)nc2s1. The van der Waals surface area contributed by atoms with E-state index in [4.69, 9.17) is 10.1 Å². The maximum atomic E-state index is 13.5. The third-order valence-electron chi connectivity index (χ3n) is 5.63. The van der Waals surface area contributed by atoms with Gasteiger partial charge >= 0.3 is 0 Å². The molecule has 2 aromatic heterocycles. The van der Waals surface area contributed by atoms with Gasteiger partial charge in [0.25, 0.3) is 0 Å². The molecule has 0 aliphatic heterocycles. The molecule has 36 heavy (non-hydrogen) atoms. The molecule has 0 aliphatic rings. The van der Waals surface area contributed by atoms with Crippen LogP contribution in [0.1, 0.15) is 39.7 Å². The van der Waals surface area contributed by atoms with Crippen LogP contribution < -0.4 is 15.5 Å². The smallest absolute Gasteiger partial charge is 0.239 e. The highest BCUT2D eigenvalue weighted by Gasteiger charge is 2.23. The standard InChI is InChI=1S/C27H33FN6OS/c1-18(11-12-19-9-7-6-8-10-19)29-22(35)17-33(5)26-32-34-24(31-27(2,3)4)23(30-25(34)36-26)20-13-15-21(28)16-14-20/h6-10,13-16,18,31H,11-12,17H2,1-5H3,(H,29,35)/t18-/m0/s1. The Labute approximate surface area is 215 Å². The number of nitrogens with one attached hydrogen (secondary N) is 2. The normalized spacial score (nSPS) is 12.5. The summed E-state index contributed by atoms with van der Waals surface area (Å²) >= 11 is 1.41. The van der Waals surface area contributed by atoms with Gasteiger partial charge in [0, 0.05) is 24.2 Å². The Morgan fingerprint density at radius 2 is 1.83 bits per heavy atom. The number of carbonyl (C=O) groups is 1. The number of likely N-dealkylation sites (N-methyl/N-ethyl adjacent to an activating group) is 1. The largest absolute Gasteiger partial charge is 0.364 e. The monoisotopic (exact) mass is 508 g/mol. The van der Waals surface area contributed by atoms with Crippen LogP contribution in [-0.4, -0.2) is 45.7 Å². The van der Waals surface area contributed by atoms with Gasteiger partial charge in [0.1, 0.15) is 11.5 Å². The molecule has 0 saturated heterocycles. The summed E-state index contributed by atoms with van der Waals surface area (Å²) in [6.07, 6.45) is 1.79. The molecule has 1 atom stereocenters. The number of aromatic nitrogens is 3. The lowest BCUT2D eigenvalue weighted by molar-refractivity contribution is -0.120. The molecule has 1 amide bonds. The zero-order chi connectivity index (χ0) is 25.9. The minimum absolute atomic E-state index is 0.0501. The summed E-state index contributed by atoms with van der Waals surface area (Å²) in [5, 5.41) is 12.0. The number of hydrogen-bond acceptors (Lipinski definition) is 6. The summed E-state index contributed by atoms with van der Waals surface area (Å²) in [6, 6.07) is 16.6. The van der Waals surface area contributed by atoms with E-state index < -0.39 is 0 Å². The Morgan fingerprint density at radius 3 is 2.50 bits per heavy atom. The minimum atomic E-state index is -0.292. The van der Waals surface area contributed by atoms with Gasteiger partial charge in [-0.05, 0) is 70.4 Å². The van der Waals surface area contributed by atoms with E-state index in [0.29, 0.717) is 15.8 Å². The summed E-state index contributed by atoms with van der Waals surface area (Å²) in [5.74, 6) is 0.393. The molecule has 0 spiro atoms. The lowest BCUT2D eigenvalue weighted by Gasteiger charge is -2.22. The van der Waals surface area contributed by atoms with Crippen molar-refractivity contribution >= 4 is 33.2 Å². The van der Waals surface area contributed by atoms with Gasteiger partial charge in [0.2, 0.25) is 16.0 Å². The highest BCUT2D eigenvalue weighted by atomic mass is 32.1. The zero-order valence-corrected chi connectivity index (χ0v) is 22.2. The van der Waals surface area contributed by atoms with Crippen molar-refractivity contribution in [3.05, 3.63) is 66.0 Å². The van der Waals surface area contributed by atoms with Gasteiger partial charge in [-0.25, -0.2) is 9.37 Å². The third-order valence-corrected chi connectivity index (χ3v) is 6.65. The van der Waals surface area contributed by atoms with Crippen LogP contribution in [-0.2, 0) is 11.2 Å². The molecule has 2 aromatic carbocycles. The fourth-order valence-corrected chi connectivity index (χ4v) is 4.73. The van der Waals surface area contributed by atoms with E-state index in [-0.39, 0.29) is 29.8 Å². The highest BCUT2D eigenvalue weighted by Crippen LogP contribution is 2.34. The van der Waals surface area contributed by atoms with Gasteiger partial charge in [0.15, 0.2) is 5.82 Å². The third kappa shape index (κ3) is 6.40. The molecule has 0 radical (unpaired) electrons. The average molecular weight is 509 g/mol. The molecular formula is C27H33FN6OS. The number of hydrogen-bond donors (Lipinski definition) is 2. The Morgan fingerprint density at radius 1 is 1.14 bits per heavy atom. The van der Waals surface area contributed by atoms with Crippen LogP contribution in [0.15, 0.2) is 54.6 Å². The van der Waals surface area contributed by atoms with Crippen molar-refractivity contribution in [1.82, 2.24) is 19.9 Å². The van der Waals surface area contributed by atoms with Crippen molar-refractivity contribution in [3.63, 3.8) is 0 Å². The molecule has 2 N–H and O–H groups in total. The summed E-state index contributed by atoms with van der Waals surface area (Å²) in [7, 11) is 1.85. The Hall–Kier alpha value is -3.46. The molecule has 2 heterocycles. The first-order valence-electron chi connectivity index (χ1n) is 12.1. The second-order valence-corrected chi connectivity index (χ2v) is 11.1. The van der Waals surface area contributed by atoms with E-state index in [2.05, 4.69) is 43.5 Å².